The SMILES string of the molecule is CC(=O)O[C@@H](C)C(=O)Nc1c(I)c(C(=O)NCC(O)CO)c(I)c(C(=O)NC(CO)CO)c1I. The number of benzene rings is 1. The lowest BCUT2D eigenvalue weighted by atomic mass is 10.1. The van der Waals surface area contributed by atoms with E-state index in [0.29, 0.717) is 0 Å². The van der Waals surface area contributed by atoms with E-state index in [0.717, 1.165) is 6.92 Å². The molecule has 1 unspecified atom stereocenters. The molecule has 0 saturated heterocycles. The Balaban J connectivity index is 3.59. The molecular formula is C19H24I3N3O9. The van der Waals surface area contributed by atoms with Crippen molar-refractivity contribution in [3.8, 4) is 0 Å². The van der Waals surface area contributed by atoms with Gasteiger partial charge in [0.2, 0.25) is 0 Å². The lowest BCUT2D eigenvalue weighted by Crippen LogP contribution is -2.41. The fourth-order valence-corrected chi connectivity index (χ4v) is 6.89. The van der Waals surface area contributed by atoms with Crippen LogP contribution in [0.3, 0.4) is 0 Å². The highest BCUT2D eigenvalue weighted by molar-refractivity contribution is 14.1. The largest absolute Gasteiger partial charge is 0.453 e. The molecule has 0 aliphatic heterocycles. The van der Waals surface area contributed by atoms with E-state index in [1.807, 2.05) is 45.2 Å². The van der Waals surface area contributed by atoms with Gasteiger partial charge in [0.25, 0.3) is 17.7 Å². The number of anilines is 1. The first-order valence-electron chi connectivity index (χ1n) is 9.67. The molecule has 12 nitrogen and oxygen atoms in total. The van der Waals surface area contributed by atoms with Crippen molar-refractivity contribution in [3.05, 3.63) is 21.8 Å². The van der Waals surface area contributed by atoms with Crippen LogP contribution in [0.25, 0.3) is 0 Å². The lowest BCUT2D eigenvalue weighted by molar-refractivity contribution is -0.150. The van der Waals surface area contributed by atoms with Crippen LogP contribution in [0.5, 0.6) is 0 Å². The number of nitrogens with one attached hydrogen (secondary N) is 3. The maximum absolute atomic E-state index is 13.0. The number of ether oxygens (including phenoxy) is 1. The van der Waals surface area contributed by atoms with Crippen molar-refractivity contribution in [2.24, 2.45) is 0 Å². The number of hydrogen-bond acceptors (Lipinski definition) is 9. The summed E-state index contributed by atoms with van der Waals surface area (Å²) < 4.78 is 5.61. The number of aliphatic hydroxyl groups excluding tert-OH is 4. The summed E-state index contributed by atoms with van der Waals surface area (Å²) in [5, 5.41) is 44.7. The van der Waals surface area contributed by atoms with E-state index in [-0.39, 0.29) is 34.1 Å². The van der Waals surface area contributed by atoms with Crippen LogP contribution < -0.4 is 16.0 Å². The van der Waals surface area contributed by atoms with E-state index in [2.05, 4.69) is 16.0 Å². The van der Waals surface area contributed by atoms with Crippen LogP contribution in [0, 0.1) is 10.7 Å². The van der Waals surface area contributed by atoms with Crippen LogP contribution >= 0.6 is 67.8 Å². The standard InChI is InChI=1S/C19H24I3N3O9/c1-7(34-8(2)29)17(31)25-16-14(21)11(18(32)23-3-10(30)6-28)13(20)12(15(16)22)19(33)24-9(4-26)5-27/h7,9-10,26-28,30H,3-6H2,1-2H3,(H,23,32)(H,24,33)(H,25,31)/t7-,10?/m0/s1. The Morgan fingerprint density at radius 2 is 1.44 bits per heavy atom. The molecule has 15 heteroatoms. The van der Waals surface area contributed by atoms with Gasteiger partial charge in [0.15, 0.2) is 6.10 Å². The Morgan fingerprint density at radius 1 is 0.912 bits per heavy atom. The molecule has 0 radical (unpaired) electrons. The monoisotopic (exact) mass is 819 g/mol. The zero-order valence-corrected chi connectivity index (χ0v) is 24.5. The number of esters is 1. The third-order valence-electron chi connectivity index (χ3n) is 4.22. The number of carbonyl (C=O) groups excluding carboxylic acids is 4. The quantitative estimate of drug-likeness (QED) is 0.115. The molecule has 0 spiro atoms. The summed E-state index contributed by atoms with van der Waals surface area (Å²) >= 11 is 5.43. The Kier molecular flexibility index (Phi) is 13.4. The average Bonchev–Trinajstić information content (AvgIpc) is 2.77. The van der Waals surface area contributed by atoms with Crippen LogP contribution in [0.2, 0.25) is 0 Å². The van der Waals surface area contributed by atoms with E-state index in [1.54, 1.807) is 22.6 Å². The predicted octanol–water partition coefficient (Wildman–Crippen LogP) is -0.444. The Bertz CT molecular complexity index is 942. The van der Waals surface area contributed by atoms with Crippen molar-refractivity contribution >= 4 is 97.2 Å². The van der Waals surface area contributed by atoms with Gasteiger partial charge in [-0.3, -0.25) is 19.2 Å². The van der Waals surface area contributed by atoms with Gasteiger partial charge in [0, 0.05) is 17.0 Å². The van der Waals surface area contributed by atoms with Crippen molar-refractivity contribution in [1.29, 1.82) is 0 Å². The van der Waals surface area contributed by atoms with Crippen LogP contribution in [-0.2, 0) is 14.3 Å². The molecule has 0 saturated carbocycles. The maximum atomic E-state index is 13.0. The Morgan fingerprint density at radius 3 is 1.91 bits per heavy atom. The molecule has 0 fully saturated rings. The van der Waals surface area contributed by atoms with Crippen LogP contribution in [0.15, 0.2) is 0 Å². The van der Waals surface area contributed by atoms with Crippen molar-refractivity contribution in [2.45, 2.75) is 32.1 Å². The number of carbonyl (C=O) groups is 4. The van der Waals surface area contributed by atoms with Crippen molar-refractivity contribution < 1.29 is 44.3 Å². The van der Waals surface area contributed by atoms with E-state index in [1.165, 1.54) is 6.92 Å². The third-order valence-corrected chi connectivity index (χ3v) is 7.45. The zero-order chi connectivity index (χ0) is 26.2. The first-order chi connectivity index (χ1) is 15.9. The molecule has 2 atom stereocenters. The van der Waals surface area contributed by atoms with Gasteiger partial charge in [-0.2, -0.15) is 0 Å². The maximum Gasteiger partial charge on any atom is 0.303 e. The summed E-state index contributed by atoms with van der Waals surface area (Å²) in [6.07, 6.45) is -2.37. The van der Waals surface area contributed by atoms with Crippen LogP contribution in [-0.4, -0.2) is 88.7 Å². The Hall–Kier alpha value is -0.870. The molecule has 3 amide bonds. The molecule has 34 heavy (non-hydrogen) atoms. The highest BCUT2D eigenvalue weighted by Crippen LogP contribution is 2.36. The van der Waals surface area contributed by atoms with Gasteiger partial charge in [-0.25, -0.2) is 0 Å². The smallest absolute Gasteiger partial charge is 0.303 e. The molecule has 7 N–H and O–H groups in total. The molecule has 0 aliphatic carbocycles. The van der Waals surface area contributed by atoms with Gasteiger partial charge in [-0.1, -0.05) is 0 Å². The number of hydrogen-bond donors (Lipinski definition) is 7. The fraction of sp³-hybridized carbons (Fsp3) is 0.474. The second-order valence-corrected chi connectivity index (χ2v) is 10.1. The molecule has 190 valence electrons. The molecule has 1 aromatic rings. The third kappa shape index (κ3) is 8.36. The molecule has 0 heterocycles. The van der Waals surface area contributed by atoms with Crippen LogP contribution in [0.4, 0.5) is 5.69 Å². The summed E-state index contributed by atoms with van der Waals surface area (Å²) in [4.78, 5) is 49.7. The second kappa shape index (κ2) is 14.6. The van der Waals surface area contributed by atoms with Gasteiger partial charge < -0.3 is 41.1 Å². The molecular weight excluding hydrogens is 795 g/mol. The fourth-order valence-electron chi connectivity index (χ4n) is 2.47. The number of rotatable bonds is 11. The first kappa shape index (κ1) is 31.2. The lowest BCUT2D eigenvalue weighted by Gasteiger charge is -2.22. The minimum atomic E-state index is -1.20. The summed E-state index contributed by atoms with van der Waals surface area (Å²) in [7, 11) is 0. The number of halogens is 3. The average molecular weight is 819 g/mol. The van der Waals surface area contributed by atoms with Gasteiger partial charge in [-0.15, -0.1) is 0 Å². The summed E-state index contributed by atoms with van der Waals surface area (Å²) in [5.74, 6) is -2.78. The van der Waals surface area contributed by atoms with E-state index in [9.17, 15) is 34.5 Å². The summed E-state index contributed by atoms with van der Waals surface area (Å²) in [6.45, 7) is 0.594. The van der Waals surface area contributed by atoms with Crippen molar-refractivity contribution in [1.82, 2.24) is 10.6 Å². The van der Waals surface area contributed by atoms with Crippen molar-refractivity contribution in [2.75, 3.05) is 31.7 Å². The van der Waals surface area contributed by atoms with Crippen LogP contribution in [0.1, 0.15) is 34.6 Å². The number of amides is 3. The minimum Gasteiger partial charge on any atom is -0.453 e. The molecule has 0 bridgehead atoms. The van der Waals surface area contributed by atoms with Gasteiger partial charge in [0.05, 0.1) is 55.9 Å². The minimum absolute atomic E-state index is 0.00295. The topological polar surface area (TPSA) is 195 Å². The second-order valence-electron chi connectivity index (χ2n) is 6.89. The van der Waals surface area contributed by atoms with Gasteiger partial charge >= 0.3 is 5.97 Å². The highest BCUT2D eigenvalue weighted by atomic mass is 127. The molecule has 0 aromatic heterocycles. The van der Waals surface area contributed by atoms with E-state index in [4.69, 9.17) is 9.84 Å². The molecule has 1 aromatic carbocycles. The summed E-state index contributed by atoms with van der Waals surface area (Å²) in [6, 6.07) is -0.961. The van der Waals surface area contributed by atoms with Gasteiger partial charge in [0.1, 0.15) is 0 Å². The Labute approximate surface area is 236 Å². The number of aliphatic hydroxyl groups is 4. The normalized spacial score (nSPS) is 12.6. The summed E-state index contributed by atoms with van der Waals surface area (Å²) in [5.41, 5.74) is 0.113. The van der Waals surface area contributed by atoms with Gasteiger partial charge in [-0.05, 0) is 74.7 Å². The first-order valence-corrected chi connectivity index (χ1v) is 12.9. The highest BCUT2D eigenvalue weighted by Gasteiger charge is 2.30. The van der Waals surface area contributed by atoms with E-state index >= 15 is 0 Å². The van der Waals surface area contributed by atoms with Crippen molar-refractivity contribution in [3.63, 3.8) is 0 Å². The zero-order valence-electron chi connectivity index (χ0n) is 18.0. The predicted molar refractivity (Wildman–Crippen MR) is 145 cm³/mol. The molecule has 0 aliphatic rings. The van der Waals surface area contributed by atoms with E-state index < -0.39 is 61.8 Å². The molecule has 1 rings (SSSR count).